The zero-order valence-electron chi connectivity index (χ0n) is 28.6. The molecule has 1 fully saturated rings. The van der Waals surface area contributed by atoms with E-state index < -0.39 is 6.10 Å². The van der Waals surface area contributed by atoms with Gasteiger partial charge in [0.15, 0.2) is 0 Å². The van der Waals surface area contributed by atoms with Crippen molar-refractivity contribution in [3.63, 3.8) is 0 Å². The highest BCUT2D eigenvalue weighted by atomic mass is 32.9. The minimum Gasteiger partial charge on any atom is -0.457 e. The van der Waals surface area contributed by atoms with Crippen molar-refractivity contribution in [1.29, 1.82) is 0 Å². The van der Waals surface area contributed by atoms with Crippen LogP contribution in [0, 0.1) is 13.6 Å². The Hall–Kier alpha value is -3.61. The first-order valence-corrected chi connectivity index (χ1v) is 22.4. The summed E-state index contributed by atoms with van der Waals surface area (Å²) in [4.78, 5) is 16.2. The largest absolute Gasteiger partial charge is 0.457 e. The van der Waals surface area contributed by atoms with E-state index in [-0.39, 0.29) is 12.0 Å². The summed E-state index contributed by atoms with van der Waals surface area (Å²) in [6.45, 7) is 8.26. The average Bonchev–Trinajstić information content (AvgIpc) is 3.82. The number of hydrogen-bond donors (Lipinski definition) is 0. The highest BCUT2D eigenvalue weighted by Gasteiger charge is 2.32. The molecule has 2 aromatic heterocycles. The van der Waals surface area contributed by atoms with E-state index >= 15 is 0 Å². The van der Waals surface area contributed by atoms with E-state index in [1.54, 1.807) is 41.4 Å². The van der Waals surface area contributed by atoms with Gasteiger partial charge < -0.3 is 9.47 Å². The van der Waals surface area contributed by atoms with E-state index in [9.17, 15) is 4.79 Å². The topological polar surface area (TPSA) is 38.8 Å². The van der Waals surface area contributed by atoms with Crippen LogP contribution in [0.1, 0.15) is 52.9 Å². The number of ether oxygens (including phenoxy) is 2. The van der Waals surface area contributed by atoms with Gasteiger partial charge in [-0.1, -0.05) is 151 Å². The van der Waals surface area contributed by atoms with E-state index in [1.807, 2.05) is 60.7 Å². The van der Waals surface area contributed by atoms with Crippen LogP contribution in [0.5, 0.6) is 5.75 Å². The molecule has 0 radical (unpaired) electrons. The lowest BCUT2D eigenvalue weighted by Crippen LogP contribution is -2.44. The van der Waals surface area contributed by atoms with Gasteiger partial charge in [0.05, 0.1) is 5.56 Å². The highest BCUT2D eigenvalue weighted by molar-refractivity contribution is 7.80. The number of esters is 1. The summed E-state index contributed by atoms with van der Waals surface area (Å²) in [6, 6.07) is 34.2. The van der Waals surface area contributed by atoms with Gasteiger partial charge >= 0.3 is 5.97 Å². The Bertz CT molecular complexity index is 2230. The lowest BCUT2D eigenvalue weighted by atomic mass is 9.89. The quantitative estimate of drug-likeness (QED) is 0.0532. The number of benzene rings is 4. The summed E-state index contributed by atoms with van der Waals surface area (Å²) in [6.07, 6.45) is 2.83. The van der Waals surface area contributed by atoms with Crippen LogP contribution >= 0.6 is 65.8 Å². The van der Waals surface area contributed by atoms with E-state index in [0.29, 0.717) is 23.0 Å². The Kier molecular flexibility index (Phi) is 12.0. The van der Waals surface area contributed by atoms with Crippen LogP contribution in [0.15, 0.2) is 120 Å². The maximum Gasteiger partial charge on any atom is 0.338 e. The first kappa shape index (κ1) is 36.7. The Morgan fingerprint density at radius 3 is 1.88 bits per heavy atom. The summed E-state index contributed by atoms with van der Waals surface area (Å²) in [5, 5.41) is 4.15. The van der Waals surface area contributed by atoms with Crippen molar-refractivity contribution in [1.82, 2.24) is 4.90 Å². The molecule has 1 aliphatic heterocycles. The molecule has 0 amide bonds. The molecule has 3 heterocycles. The predicted octanol–water partition coefficient (Wildman–Crippen LogP) is 13.0. The molecule has 2 atom stereocenters. The number of hydrogen-bond acceptors (Lipinski definition) is 10. The maximum absolute atomic E-state index is 13.7. The van der Waals surface area contributed by atoms with Crippen molar-refractivity contribution in [3.05, 3.63) is 150 Å². The van der Waals surface area contributed by atoms with Crippen LogP contribution in [-0.2, 0) is 11.2 Å². The normalized spacial score (nSPS) is 14.8. The summed E-state index contributed by atoms with van der Waals surface area (Å²) in [7, 11) is 6.46. The predicted molar refractivity (Wildman–Crippen MR) is 225 cm³/mol. The van der Waals surface area contributed by atoms with Crippen LogP contribution in [0.25, 0.3) is 28.0 Å². The fraction of sp³-hybridized carbons (Fsp3) is 0.214. The molecule has 0 saturated carbocycles. The van der Waals surface area contributed by atoms with Crippen molar-refractivity contribution in [2.75, 3.05) is 13.1 Å². The molecule has 0 aliphatic carbocycles. The molecule has 52 heavy (non-hydrogen) atoms. The Morgan fingerprint density at radius 1 is 0.788 bits per heavy atom. The molecule has 264 valence electrons. The van der Waals surface area contributed by atoms with Gasteiger partial charge in [0.25, 0.3) is 0 Å². The van der Waals surface area contributed by atoms with Crippen LogP contribution < -0.4 is 4.74 Å². The SMILES string of the molecule is C=C(Oc1ccc(C(OC(=O)c2ccc(-c3cssc3=S)cc2)C(C)N2CCC(Cc3ccccc3)CC2)cc1)c1ccc(-c2cssc2=S)cc1. The van der Waals surface area contributed by atoms with Crippen molar-refractivity contribution in [2.24, 2.45) is 5.92 Å². The molecule has 1 aliphatic rings. The first-order chi connectivity index (χ1) is 25.3. The van der Waals surface area contributed by atoms with Gasteiger partial charge in [-0.25, -0.2) is 4.79 Å². The highest BCUT2D eigenvalue weighted by Crippen LogP contribution is 2.34. The van der Waals surface area contributed by atoms with E-state index in [0.717, 1.165) is 73.4 Å². The van der Waals surface area contributed by atoms with Gasteiger partial charge in [-0.15, -0.1) is 0 Å². The summed E-state index contributed by atoms with van der Waals surface area (Å²) < 4.78 is 14.3. The molecule has 4 aromatic carbocycles. The number of rotatable bonds is 12. The zero-order chi connectivity index (χ0) is 36.0. The second-order valence-corrected chi connectivity index (χ2v) is 18.5. The first-order valence-electron chi connectivity index (χ1n) is 17.1. The van der Waals surface area contributed by atoms with Gasteiger partial charge in [0.2, 0.25) is 0 Å². The number of piperidine rings is 1. The molecule has 0 N–H and O–H groups in total. The summed E-state index contributed by atoms with van der Waals surface area (Å²) in [5.41, 5.74) is 7.91. The molecule has 4 nitrogen and oxygen atoms in total. The molecular formula is C42H37NO3S6. The van der Waals surface area contributed by atoms with Gasteiger partial charge in [0.1, 0.15) is 25.3 Å². The molecule has 2 unspecified atom stereocenters. The lowest BCUT2D eigenvalue weighted by Gasteiger charge is -2.39. The molecule has 6 aromatic rings. The zero-order valence-corrected chi connectivity index (χ0v) is 33.5. The van der Waals surface area contributed by atoms with Crippen LogP contribution in [0.4, 0.5) is 0 Å². The van der Waals surface area contributed by atoms with E-state index in [4.69, 9.17) is 33.9 Å². The molecule has 1 saturated heterocycles. The Labute approximate surface area is 330 Å². The second-order valence-electron chi connectivity index (χ2n) is 13.0. The molecule has 0 bridgehead atoms. The van der Waals surface area contributed by atoms with E-state index in [1.165, 1.54) is 5.56 Å². The second kappa shape index (κ2) is 17.0. The van der Waals surface area contributed by atoms with Crippen LogP contribution in [0.2, 0.25) is 0 Å². The summed E-state index contributed by atoms with van der Waals surface area (Å²) in [5.74, 6) is 1.50. The van der Waals surface area contributed by atoms with Crippen LogP contribution in [0.3, 0.4) is 0 Å². The lowest BCUT2D eigenvalue weighted by molar-refractivity contribution is -0.00613. The molecule has 7 rings (SSSR count). The van der Waals surface area contributed by atoms with E-state index in [2.05, 4.69) is 71.6 Å². The monoisotopic (exact) mass is 795 g/mol. The van der Waals surface area contributed by atoms with Crippen molar-refractivity contribution < 1.29 is 14.3 Å². The molecule has 0 spiro atoms. The third-order valence-electron chi connectivity index (χ3n) is 9.68. The summed E-state index contributed by atoms with van der Waals surface area (Å²) >= 11 is 11.0. The van der Waals surface area contributed by atoms with Crippen molar-refractivity contribution >= 4 is 77.5 Å². The number of carbonyl (C=O) groups is 1. The standard InChI is InChI=1S/C42H37NO3S6/c1-27(43-22-20-30(21-23-43)24-29-6-4-3-5-7-29)39(46-40(44)35-14-12-33(13-15-35)38-26-50-52-42(38)48)34-16-18-36(19-17-34)45-28(2)31-8-10-32(11-9-31)37-25-49-51-41(37)47/h3-19,25-27,30,39H,2,20-24H2,1H3. The number of carbonyl (C=O) groups excluding carboxylic acids is 1. The van der Waals surface area contributed by atoms with Crippen molar-refractivity contribution in [3.8, 4) is 28.0 Å². The minimum atomic E-state index is -0.479. The Balaban J connectivity index is 1.06. The third kappa shape index (κ3) is 8.77. The smallest absolute Gasteiger partial charge is 0.338 e. The van der Waals surface area contributed by atoms with Gasteiger partial charge in [-0.05, 0) is 91.7 Å². The van der Waals surface area contributed by atoms with Gasteiger partial charge in [0, 0.05) is 33.5 Å². The number of nitrogens with zero attached hydrogens (tertiary/aromatic N) is 1. The third-order valence-corrected chi connectivity index (χ3v) is 15.0. The minimum absolute atomic E-state index is 0.0316. The Morgan fingerprint density at radius 2 is 1.35 bits per heavy atom. The number of likely N-dealkylation sites (tertiary alicyclic amines) is 1. The fourth-order valence-corrected chi connectivity index (χ4v) is 11.5. The fourth-order valence-electron chi connectivity index (χ4n) is 6.67. The molecule has 10 heteroatoms. The van der Waals surface area contributed by atoms with Gasteiger partial charge in [-0.3, -0.25) is 4.90 Å². The van der Waals surface area contributed by atoms with Gasteiger partial charge in [-0.2, -0.15) is 0 Å². The average molecular weight is 796 g/mol. The van der Waals surface area contributed by atoms with Crippen LogP contribution in [-0.4, -0.2) is 30.0 Å². The molecular weight excluding hydrogens is 759 g/mol. The maximum atomic E-state index is 13.7. The van der Waals surface area contributed by atoms with Crippen molar-refractivity contribution in [2.45, 2.75) is 38.3 Å².